The number of carboxylic acid groups (broad SMARTS) is 1. The first-order valence-corrected chi connectivity index (χ1v) is 7.32. The minimum absolute atomic E-state index is 0.283. The number of nitrogens with one attached hydrogen (secondary N) is 1. The molecule has 0 aliphatic heterocycles. The standard InChI is InChI=1S/C16H23NO3/c1-2-16(8-3-9-16)12-17-10-11-20-14-6-4-13(5-7-14)15(18)19/h4-7,17H,2-3,8-12H2,1H3,(H,18,19). The van der Waals surface area contributed by atoms with Crippen LogP contribution in [0.2, 0.25) is 0 Å². The van der Waals surface area contributed by atoms with Gasteiger partial charge in [0.25, 0.3) is 0 Å². The maximum atomic E-state index is 10.7. The van der Waals surface area contributed by atoms with Gasteiger partial charge >= 0.3 is 5.97 Å². The highest BCUT2D eigenvalue weighted by Crippen LogP contribution is 2.42. The monoisotopic (exact) mass is 277 g/mol. The molecule has 0 aromatic heterocycles. The maximum Gasteiger partial charge on any atom is 0.335 e. The summed E-state index contributed by atoms with van der Waals surface area (Å²) in [7, 11) is 0. The second-order valence-electron chi connectivity index (χ2n) is 5.56. The minimum atomic E-state index is -0.913. The molecule has 0 atom stereocenters. The normalized spacial score (nSPS) is 16.4. The zero-order valence-electron chi connectivity index (χ0n) is 12.0. The van der Waals surface area contributed by atoms with Crippen molar-refractivity contribution in [3.05, 3.63) is 29.8 Å². The van der Waals surface area contributed by atoms with Gasteiger partial charge in [-0.05, 0) is 48.9 Å². The number of aromatic carboxylic acids is 1. The molecule has 1 aromatic rings. The van der Waals surface area contributed by atoms with Crippen LogP contribution in [-0.4, -0.2) is 30.8 Å². The lowest BCUT2D eigenvalue weighted by Crippen LogP contribution is -2.40. The zero-order valence-corrected chi connectivity index (χ0v) is 12.0. The number of carboxylic acids is 1. The van der Waals surface area contributed by atoms with Gasteiger partial charge in [0.05, 0.1) is 5.56 Å². The molecule has 4 heteroatoms. The summed E-state index contributed by atoms with van der Waals surface area (Å²) in [5.41, 5.74) is 0.814. The molecule has 2 rings (SSSR count). The summed E-state index contributed by atoms with van der Waals surface area (Å²) in [5.74, 6) is -0.200. The molecule has 1 aliphatic carbocycles. The Labute approximate surface area is 120 Å². The lowest BCUT2D eigenvalue weighted by molar-refractivity contribution is 0.0697. The van der Waals surface area contributed by atoms with Crippen LogP contribution in [-0.2, 0) is 0 Å². The van der Waals surface area contributed by atoms with E-state index in [0.717, 1.165) is 13.1 Å². The molecule has 0 amide bonds. The zero-order chi connectivity index (χ0) is 14.4. The Kier molecular flexibility index (Phi) is 5.01. The van der Waals surface area contributed by atoms with E-state index < -0.39 is 5.97 Å². The van der Waals surface area contributed by atoms with E-state index in [2.05, 4.69) is 12.2 Å². The van der Waals surface area contributed by atoms with Crippen LogP contribution in [0.3, 0.4) is 0 Å². The SMILES string of the molecule is CCC1(CNCCOc2ccc(C(=O)O)cc2)CCC1. The van der Waals surface area contributed by atoms with E-state index in [1.165, 1.54) is 25.7 Å². The first kappa shape index (κ1) is 14.9. The third-order valence-corrected chi connectivity index (χ3v) is 4.31. The fraction of sp³-hybridized carbons (Fsp3) is 0.562. The van der Waals surface area contributed by atoms with Crippen LogP contribution in [0.15, 0.2) is 24.3 Å². The fourth-order valence-electron chi connectivity index (χ4n) is 2.62. The number of carbonyl (C=O) groups is 1. The van der Waals surface area contributed by atoms with Gasteiger partial charge in [0.1, 0.15) is 12.4 Å². The van der Waals surface area contributed by atoms with Crippen molar-refractivity contribution >= 4 is 5.97 Å². The quantitative estimate of drug-likeness (QED) is 0.717. The van der Waals surface area contributed by atoms with E-state index >= 15 is 0 Å². The molecule has 4 nitrogen and oxygen atoms in total. The van der Waals surface area contributed by atoms with Crippen LogP contribution in [0.5, 0.6) is 5.75 Å². The molecule has 1 saturated carbocycles. The molecule has 0 heterocycles. The summed E-state index contributed by atoms with van der Waals surface area (Å²) < 4.78 is 5.59. The van der Waals surface area contributed by atoms with Gasteiger partial charge in [0, 0.05) is 13.1 Å². The molecule has 110 valence electrons. The summed E-state index contributed by atoms with van der Waals surface area (Å²) in [4.78, 5) is 10.7. The number of hydrogen-bond donors (Lipinski definition) is 2. The Hall–Kier alpha value is -1.55. The van der Waals surface area contributed by atoms with E-state index in [1.54, 1.807) is 24.3 Å². The Morgan fingerprint density at radius 3 is 2.55 bits per heavy atom. The van der Waals surface area contributed by atoms with Crippen molar-refractivity contribution < 1.29 is 14.6 Å². The third-order valence-electron chi connectivity index (χ3n) is 4.31. The van der Waals surface area contributed by atoms with Crippen molar-refractivity contribution in [2.75, 3.05) is 19.7 Å². The molecule has 0 bridgehead atoms. The summed E-state index contributed by atoms with van der Waals surface area (Å²) in [5, 5.41) is 12.3. The van der Waals surface area contributed by atoms with Gasteiger partial charge in [-0.25, -0.2) is 4.79 Å². The fourth-order valence-corrected chi connectivity index (χ4v) is 2.62. The predicted octanol–water partition coefficient (Wildman–Crippen LogP) is 2.93. The molecule has 0 spiro atoms. The van der Waals surface area contributed by atoms with Crippen LogP contribution < -0.4 is 10.1 Å². The van der Waals surface area contributed by atoms with E-state index in [0.29, 0.717) is 17.8 Å². The van der Waals surface area contributed by atoms with Gasteiger partial charge in [-0.1, -0.05) is 13.3 Å². The second kappa shape index (κ2) is 6.75. The number of rotatable bonds is 8. The largest absolute Gasteiger partial charge is 0.492 e. The number of benzene rings is 1. The Bertz CT molecular complexity index is 432. The topological polar surface area (TPSA) is 58.6 Å². The number of ether oxygens (including phenoxy) is 1. The van der Waals surface area contributed by atoms with Gasteiger partial charge in [0.15, 0.2) is 0 Å². The van der Waals surface area contributed by atoms with Crippen molar-refractivity contribution in [2.24, 2.45) is 5.41 Å². The summed E-state index contributed by atoms with van der Waals surface area (Å²) in [6, 6.07) is 6.52. The first-order valence-electron chi connectivity index (χ1n) is 7.32. The molecule has 1 fully saturated rings. The Balaban J connectivity index is 1.64. The Morgan fingerprint density at radius 1 is 1.35 bits per heavy atom. The smallest absolute Gasteiger partial charge is 0.335 e. The van der Waals surface area contributed by atoms with E-state index in [-0.39, 0.29) is 5.56 Å². The predicted molar refractivity (Wildman–Crippen MR) is 78.3 cm³/mol. The van der Waals surface area contributed by atoms with E-state index in [4.69, 9.17) is 9.84 Å². The highest BCUT2D eigenvalue weighted by atomic mass is 16.5. The van der Waals surface area contributed by atoms with Crippen LogP contribution in [0.1, 0.15) is 43.0 Å². The van der Waals surface area contributed by atoms with Gasteiger partial charge < -0.3 is 15.2 Å². The van der Waals surface area contributed by atoms with Gasteiger partial charge in [-0.2, -0.15) is 0 Å². The van der Waals surface area contributed by atoms with Gasteiger partial charge in [-0.15, -0.1) is 0 Å². The average Bonchev–Trinajstić information content (AvgIpc) is 2.41. The number of hydrogen-bond acceptors (Lipinski definition) is 3. The molecular formula is C16H23NO3. The summed E-state index contributed by atoms with van der Waals surface area (Å²) in [6.45, 7) is 4.76. The highest BCUT2D eigenvalue weighted by Gasteiger charge is 2.34. The molecule has 0 radical (unpaired) electrons. The second-order valence-corrected chi connectivity index (χ2v) is 5.56. The van der Waals surface area contributed by atoms with Gasteiger partial charge in [-0.3, -0.25) is 0 Å². The molecule has 0 unspecified atom stereocenters. The van der Waals surface area contributed by atoms with Crippen molar-refractivity contribution in [1.82, 2.24) is 5.32 Å². The molecular weight excluding hydrogens is 254 g/mol. The first-order chi connectivity index (χ1) is 9.65. The summed E-state index contributed by atoms with van der Waals surface area (Å²) in [6.07, 6.45) is 5.29. The highest BCUT2D eigenvalue weighted by molar-refractivity contribution is 5.87. The van der Waals surface area contributed by atoms with E-state index in [9.17, 15) is 4.79 Å². The molecule has 1 aliphatic rings. The van der Waals surface area contributed by atoms with Crippen LogP contribution in [0, 0.1) is 5.41 Å². The maximum absolute atomic E-state index is 10.7. The molecule has 20 heavy (non-hydrogen) atoms. The van der Waals surface area contributed by atoms with E-state index in [1.807, 2.05) is 0 Å². The van der Waals surface area contributed by atoms with Crippen LogP contribution >= 0.6 is 0 Å². The van der Waals surface area contributed by atoms with Crippen molar-refractivity contribution in [2.45, 2.75) is 32.6 Å². The molecule has 0 saturated heterocycles. The lowest BCUT2D eigenvalue weighted by Gasteiger charge is -2.41. The van der Waals surface area contributed by atoms with Crippen LogP contribution in [0.25, 0.3) is 0 Å². The summed E-state index contributed by atoms with van der Waals surface area (Å²) >= 11 is 0. The lowest BCUT2D eigenvalue weighted by atomic mass is 9.67. The van der Waals surface area contributed by atoms with Crippen LogP contribution in [0.4, 0.5) is 0 Å². The van der Waals surface area contributed by atoms with Crippen molar-refractivity contribution in [1.29, 1.82) is 0 Å². The third kappa shape index (κ3) is 3.73. The Morgan fingerprint density at radius 2 is 2.05 bits per heavy atom. The molecule has 1 aromatic carbocycles. The molecule has 2 N–H and O–H groups in total. The van der Waals surface area contributed by atoms with Gasteiger partial charge in [0.2, 0.25) is 0 Å². The average molecular weight is 277 g/mol. The van der Waals surface area contributed by atoms with Crippen molar-refractivity contribution in [3.8, 4) is 5.75 Å². The van der Waals surface area contributed by atoms with Crippen molar-refractivity contribution in [3.63, 3.8) is 0 Å². The minimum Gasteiger partial charge on any atom is -0.492 e.